The number of rotatable bonds is 2. The standard InChI is InChI=1S/C14H13BrClIN2/c1-7(2)12-11(17)13(16)19-14(18-12)9-5-4-8(3)10(15)6-9/h4-7H,1-3H3. The average Bonchev–Trinajstić information content (AvgIpc) is 2.35. The first kappa shape index (κ1) is 15.2. The summed E-state index contributed by atoms with van der Waals surface area (Å²) in [7, 11) is 0. The van der Waals surface area contributed by atoms with Crippen LogP contribution < -0.4 is 0 Å². The van der Waals surface area contributed by atoms with Crippen molar-refractivity contribution >= 4 is 50.1 Å². The quantitative estimate of drug-likeness (QED) is 0.439. The minimum Gasteiger partial charge on any atom is -0.232 e. The van der Waals surface area contributed by atoms with Crippen LogP contribution in [0.5, 0.6) is 0 Å². The zero-order chi connectivity index (χ0) is 14.2. The highest BCUT2D eigenvalue weighted by Crippen LogP contribution is 2.29. The number of hydrogen-bond donors (Lipinski definition) is 0. The van der Waals surface area contributed by atoms with E-state index in [0.717, 1.165) is 19.3 Å². The van der Waals surface area contributed by atoms with E-state index in [4.69, 9.17) is 11.6 Å². The Balaban J connectivity index is 2.59. The molecule has 0 atom stereocenters. The Morgan fingerprint density at radius 2 is 1.95 bits per heavy atom. The summed E-state index contributed by atoms with van der Waals surface area (Å²) in [5.74, 6) is 0.995. The fourth-order valence-electron chi connectivity index (χ4n) is 1.68. The van der Waals surface area contributed by atoms with Crippen LogP contribution in [0.2, 0.25) is 5.15 Å². The van der Waals surface area contributed by atoms with E-state index in [1.807, 2.05) is 18.2 Å². The van der Waals surface area contributed by atoms with Crippen LogP contribution in [0.1, 0.15) is 31.0 Å². The van der Waals surface area contributed by atoms with Gasteiger partial charge in [0.1, 0.15) is 5.15 Å². The Morgan fingerprint density at radius 1 is 1.26 bits per heavy atom. The third kappa shape index (κ3) is 3.28. The number of nitrogens with zero attached hydrogens (tertiary/aromatic N) is 2. The summed E-state index contributed by atoms with van der Waals surface area (Å²) in [6.07, 6.45) is 0. The number of halogens is 3. The topological polar surface area (TPSA) is 25.8 Å². The highest BCUT2D eigenvalue weighted by atomic mass is 127. The van der Waals surface area contributed by atoms with Crippen molar-refractivity contribution in [1.29, 1.82) is 0 Å². The molecule has 19 heavy (non-hydrogen) atoms. The first-order valence-corrected chi connectivity index (χ1v) is 8.14. The molecule has 1 heterocycles. The lowest BCUT2D eigenvalue weighted by atomic mass is 10.1. The van der Waals surface area contributed by atoms with Gasteiger partial charge in [-0.2, -0.15) is 0 Å². The van der Waals surface area contributed by atoms with Crippen molar-refractivity contribution in [3.63, 3.8) is 0 Å². The molecule has 0 saturated heterocycles. The number of aryl methyl sites for hydroxylation is 1. The number of benzene rings is 1. The van der Waals surface area contributed by atoms with Crippen molar-refractivity contribution < 1.29 is 0 Å². The largest absolute Gasteiger partial charge is 0.232 e. The smallest absolute Gasteiger partial charge is 0.161 e. The summed E-state index contributed by atoms with van der Waals surface area (Å²) < 4.78 is 1.98. The molecular weight excluding hydrogens is 438 g/mol. The van der Waals surface area contributed by atoms with E-state index in [0.29, 0.717) is 16.9 Å². The van der Waals surface area contributed by atoms with Crippen molar-refractivity contribution in [2.75, 3.05) is 0 Å². The molecule has 0 bridgehead atoms. The molecule has 0 amide bonds. The molecule has 1 aromatic heterocycles. The second-order valence-corrected chi connectivity index (χ2v) is 6.95. The monoisotopic (exact) mass is 450 g/mol. The molecule has 0 spiro atoms. The Kier molecular flexibility index (Phi) is 4.84. The van der Waals surface area contributed by atoms with Crippen molar-refractivity contribution in [3.8, 4) is 11.4 Å². The number of aromatic nitrogens is 2. The first-order valence-electron chi connectivity index (χ1n) is 5.89. The fourth-order valence-corrected chi connectivity index (χ4v) is 3.10. The molecule has 0 aliphatic carbocycles. The van der Waals surface area contributed by atoms with Gasteiger partial charge in [-0.15, -0.1) is 0 Å². The lowest BCUT2D eigenvalue weighted by Gasteiger charge is -2.11. The molecule has 0 aliphatic heterocycles. The van der Waals surface area contributed by atoms with E-state index >= 15 is 0 Å². The Labute approximate surface area is 140 Å². The van der Waals surface area contributed by atoms with Crippen LogP contribution in [0, 0.1) is 10.5 Å². The zero-order valence-electron chi connectivity index (χ0n) is 10.8. The maximum atomic E-state index is 6.21. The van der Waals surface area contributed by atoms with E-state index in [1.54, 1.807) is 0 Å². The van der Waals surface area contributed by atoms with Crippen molar-refractivity contribution in [2.45, 2.75) is 26.7 Å². The third-order valence-electron chi connectivity index (χ3n) is 2.81. The molecule has 2 rings (SSSR count). The summed E-state index contributed by atoms with van der Waals surface area (Å²) in [6, 6.07) is 6.09. The predicted octanol–water partition coefficient (Wildman–Crippen LogP) is 5.60. The van der Waals surface area contributed by atoms with E-state index in [1.165, 1.54) is 5.56 Å². The van der Waals surface area contributed by atoms with Crippen molar-refractivity contribution in [3.05, 3.63) is 42.7 Å². The summed E-state index contributed by atoms with van der Waals surface area (Å²) in [5, 5.41) is 0.519. The summed E-state index contributed by atoms with van der Waals surface area (Å²) in [6.45, 7) is 6.26. The van der Waals surface area contributed by atoms with Gasteiger partial charge in [0, 0.05) is 10.0 Å². The average molecular weight is 452 g/mol. The van der Waals surface area contributed by atoms with Crippen LogP contribution in [-0.2, 0) is 0 Å². The second kappa shape index (κ2) is 6.06. The normalized spacial score (nSPS) is 11.1. The second-order valence-electron chi connectivity index (χ2n) is 4.66. The van der Waals surface area contributed by atoms with Gasteiger partial charge < -0.3 is 0 Å². The molecule has 1 aromatic carbocycles. The first-order chi connectivity index (χ1) is 8.90. The van der Waals surface area contributed by atoms with Gasteiger partial charge in [-0.3, -0.25) is 0 Å². The summed E-state index contributed by atoms with van der Waals surface area (Å²) in [4.78, 5) is 9.03. The Bertz CT molecular complexity index is 629. The van der Waals surface area contributed by atoms with E-state index in [9.17, 15) is 0 Å². The van der Waals surface area contributed by atoms with E-state index in [2.05, 4.69) is 69.3 Å². The number of hydrogen-bond acceptors (Lipinski definition) is 2. The van der Waals surface area contributed by atoms with Gasteiger partial charge in [0.15, 0.2) is 5.82 Å². The van der Waals surface area contributed by atoms with Crippen molar-refractivity contribution in [1.82, 2.24) is 9.97 Å². The van der Waals surface area contributed by atoms with Crippen LogP contribution >= 0.6 is 50.1 Å². The van der Waals surface area contributed by atoms with Gasteiger partial charge >= 0.3 is 0 Å². The van der Waals surface area contributed by atoms with Crippen LogP contribution in [0.25, 0.3) is 11.4 Å². The van der Waals surface area contributed by atoms with E-state index in [-0.39, 0.29) is 0 Å². The molecule has 100 valence electrons. The molecule has 2 nitrogen and oxygen atoms in total. The van der Waals surface area contributed by atoms with Gasteiger partial charge in [0.05, 0.1) is 9.26 Å². The summed E-state index contributed by atoms with van der Waals surface area (Å²) in [5.41, 5.74) is 3.15. The highest BCUT2D eigenvalue weighted by molar-refractivity contribution is 14.1. The van der Waals surface area contributed by atoms with Crippen LogP contribution in [0.15, 0.2) is 22.7 Å². The molecular formula is C14H13BrClIN2. The predicted molar refractivity (Wildman–Crippen MR) is 91.7 cm³/mol. The lowest BCUT2D eigenvalue weighted by molar-refractivity contribution is 0.808. The molecule has 0 saturated carbocycles. The SMILES string of the molecule is Cc1ccc(-c2nc(Cl)c(I)c(C(C)C)n2)cc1Br. The zero-order valence-corrected chi connectivity index (χ0v) is 15.3. The van der Waals surface area contributed by atoms with Gasteiger partial charge in [-0.05, 0) is 47.1 Å². The van der Waals surface area contributed by atoms with Gasteiger partial charge in [0.25, 0.3) is 0 Å². The highest BCUT2D eigenvalue weighted by Gasteiger charge is 2.14. The molecule has 0 N–H and O–H groups in total. The minimum atomic E-state index is 0.319. The van der Waals surface area contributed by atoms with Gasteiger partial charge in [-0.25, -0.2) is 9.97 Å². The van der Waals surface area contributed by atoms with Crippen molar-refractivity contribution in [2.24, 2.45) is 0 Å². The molecule has 0 radical (unpaired) electrons. The summed E-state index contributed by atoms with van der Waals surface area (Å²) >= 11 is 11.9. The third-order valence-corrected chi connectivity index (χ3v) is 5.32. The molecule has 0 aliphatic rings. The maximum Gasteiger partial charge on any atom is 0.161 e. The van der Waals surface area contributed by atoms with Crippen LogP contribution in [0.3, 0.4) is 0 Å². The van der Waals surface area contributed by atoms with Crippen LogP contribution in [-0.4, -0.2) is 9.97 Å². The fraction of sp³-hybridized carbons (Fsp3) is 0.286. The molecule has 0 fully saturated rings. The molecule has 0 unspecified atom stereocenters. The van der Waals surface area contributed by atoms with Gasteiger partial charge in [0.2, 0.25) is 0 Å². The minimum absolute atomic E-state index is 0.319. The maximum absolute atomic E-state index is 6.21. The van der Waals surface area contributed by atoms with Crippen LogP contribution in [0.4, 0.5) is 0 Å². The molecule has 2 aromatic rings. The molecule has 5 heteroatoms. The van der Waals surface area contributed by atoms with E-state index < -0.39 is 0 Å². The Morgan fingerprint density at radius 3 is 2.53 bits per heavy atom. The Hall–Kier alpha value is -0.200. The van der Waals surface area contributed by atoms with Gasteiger partial charge in [-0.1, -0.05) is 53.5 Å². The lowest BCUT2D eigenvalue weighted by Crippen LogP contribution is -2.02.